The van der Waals surface area contributed by atoms with E-state index in [1.807, 2.05) is 6.92 Å². The van der Waals surface area contributed by atoms with Gasteiger partial charge in [0, 0.05) is 12.5 Å². The Bertz CT molecular complexity index is 494. The normalized spacial score (nSPS) is 20.6. The number of nitrogens with zero attached hydrogens (tertiary/aromatic N) is 3. The van der Waals surface area contributed by atoms with Gasteiger partial charge in [-0.05, 0) is 41.8 Å². The van der Waals surface area contributed by atoms with Crippen LogP contribution in [0.15, 0.2) is 21.3 Å². The van der Waals surface area contributed by atoms with Crippen molar-refractivity contribution in [3.8, 4) is 0 Å². The Balaban J connectivity index is 1.71. The van der Waals surface area contributed by atoms with E-state index >= 15 is 0 Å². The van der Waals surface area contributed by atoms with Gasteiger partial charge in [0.15, 0.2) is 5.82 Å². The van der Waals surface area contributed by atoms with E-state index in [4.69, 9.17) is 4.52 Å². The van der Waals surface area contributed by atoms with Crippen LogP contribution in [0.25, 0.3) is 0 Å². The summed E-state index contributed by atoms with van der Waals surface area (Å²) < 4.78 is 5.28. The Kier molecular flexibility index (Phi) is 3.43. The first kappa shape index (κ1) is 11.9. The molecule has 0 unspecified atom stereocenters. The van der Waals surface area contributed by atoms with Crippen molar-refractivity contribution in [2.45, 2.75) is 38.8 Å². The number of rotatable bonds is 4. The molecule has 3 heterocycles. The third kappa shape index (κ3) is 2.33. The number of likely N-dealkylation sites (tertiary alicyclic amines) is 1. The standard InChI is InChI=1S/C13H17N3OS/c1-2-12-14-13(17-15-12)8-16-6-3-4-11(16)10-5-7-18-9-10/h5,7,9,11H,2-4,6,8H2,1H3/t11-/m1/s1. The maximum Gasteiger partial charge on any atom is 0.240 e. The summed E-state index contributed by atoms with van der Waals surface area (Å²) in [5.74, 6) is 1.55. The lowest BCUT2D eigenvalue weighted by Gasteiger charge is -2.21. The SMILES string of the molecule is CCc1noc(CN2CCC[C@@H]2c2ccsc2)n1. The Morgan fingerprint density at radius 1 is 1.56 bits per heavy atom. The zero-order chi connectivity index (χ0) is 12.4. The highest BCUT2D eigenvalue weighted by Crippen LogP contribution is 2.33. The molecule has 1 saturated heterocycles. The van der Waals surface area contributed by atoms with Crippen molar-refractivity contribution in [3.05, 3.63) is 34.1 Å². The minimum Gasteiger partial charge on any atom is -0.338 e. The van der Waals surface area contributed by atoms with E-state index in [2.05, 4.69) is 31.9 Å². The van der Waals surface area contributed by atoms with E-state index in [1.54, 1.807) is 11.3 Å². The first-order chi connectivity index (χ1) is 8.86. The molecule has 0 spiro atoms. The number of aromatic nitrogens is 2. The van der Waals surface area contributed by atoms with Crippen LogP contribution >= 0.6 is 11.3 Å². The fourth-order valence-corrected chi connectivity index (χ4v) is 3.24. The molecule has 1 fully saturated rings. The van der Waals surface area contributed by atoms with Gasteiger partial charge in [0.2, 0.25) is 5.89 Å². The summed E-state index contributed by atoms with van der Waals surface area (Å²) in [6.07, 6.45) is 3.30. The Morgan fingerprint density at radius 3 is 3.22 bits per heavy atom. The lowest BCUT2D eigenvalue weighted by molar-refractivity contribution is 0.212. The van der Waals surface area contributed by atoms with Gasteiger partial charge in [0.1, 0.15) is 0 Å². The van der Waals surface area contributed by atoms with Crippen molar-refractivity contribution in [2.75, 3.05) is 6.54 Å². The second-order valence-corrected chi connectivity index (χ2v) is 5.42. The molecule has 1 atom stereocenters. The summed E-state index contributed by atoms with van der Waals surface area (Å²) in [7, 11) is 0. The molecule has 18 heavy (non-hydrogen) atoms. The molecule has 0 saturated carbocycles. The number of aryl methyl sites for hydroxylation is 1. The molecule has 5 heteroatoms. The molecule has 2 aromatic heterocycles. The zero-order valence-electron chi connectivity index (χ0n) is 10.5. The van der Waals surface area contributed by atoms with Crippen LogP contribution in [0.4, 0.5) is 0 Å². The van der Waals surface area contributed by atoms with E-state index < -0.39 is 0 Å². The van der Waals surface area contributed by atoms with Crippen LogP contribution in [-0.2, 0) is 13.0 Å². The van der Waals surface area contributed by atoms with E-state index in [0.29, 0.717) is 6.04 Å². The maximum absolute atomic E-state index is 5.28. The minimum atomic E-state index is 0.522. The summed E-state index contributed by atoms with van der Waals surface area (Å²) in [4.78, 5) is 6.83. The fraction of sp³-hybridized carbons (Fsp3) is 0.538. The molecule has 3 rings (SSSR count). The predicted molar refractivity (Wildman–Crippen MR) is 70.4 cm³/mol. The fourth-order valence-electron chi connectivity index (χ4n) is 2.53. The molecule has 0 radical (unpaired) electrons. The second-order valence-electron chi connectivity index (χ2n) is 4.64. The summed E-state index contributed by atoms with van der Waals surface area (Å²) in [5, 5.41) is 8.34. The van der Waals surface area contributed by atoms with Crippen molar-refractivity contribution in [1.29, 1.82) is 0 Å². The minimum absolute atomic E-state index is 0.522. The van der Waals surface area contributed by atoms with Gasteiger partial charge in [-0.2, -0.15) is 16.3 Å². The maximum atomic E-state index is 5.28. The van der Waals surface area contributed by atoms with Crippen LogP contribution in [0.1, 0.15) is 43.1 Å². The lowest BCUT2D eigenvalue weighted by atomic mass is 10.1. The average Bonchev–Trinajstić information content (AvgIpc) is 3.09. The molecular formula is C13H17N3OS. The van der Waals surface area contributed by atoms with Crippen molar-refractivity contribution >= 4 is 11.3 Å². The third-order valence-corrected chi connectivity index (χ3v) is 4.16. The molecule has 0 bridgehead atoms. The van der Waals surface area contributed by atoms with Gasteiger partial charge >= 0.3 is 0 Å². The van der Waals surface area contributed by atoms with E-state index in [-0.39, 0.29) is 0 Å². The lowest BCUT2D eigenvalue weighted by Crippen LogP contribution is -2.22. The number of hydrogen-bond donors (Lipinski definition) is 0. The van der Waals surface area contributed by atoms with Gasteiger partial charge in [-0.25, -0.2) is 0 Å². The monoisotopic (exact) mass is 263 g/mol. The van der Waals surface area contributed by atoms with Crippen LogP contribution < -0.4 is 0 Å². The molecule has 2 aromatic rings. The molecule has 1 aliphatic heterocycles. The van der Waals surface area contributed by atoms with Crippen molar-refractivity contribution < 1.29 is 4.52 Å². The van der Waals surface area contributed by atoms with Gasteiger partial charge in [-0.1, -0.05) is 12.1 Å². The molecular weight excluding hydrogens is 246 g/mol. The highest BCUT2D eigenvalue weighted by molar-refractivity contribution is 7.07. The average molecular weight is 263 g/mol. The molecule has 0 aliphatic carbocycles. The Morgan fingerprint density at radius 2 is 2.50 bits per heavy atom. The van der Waals surface area contributed by atoms with E-state index in [1.165, 1.54) is 18.4 Å². The second kappa shape index (κ2) is 5.20. The quantitative estimate of drug-likeness (QED) is 0.850. The first-order valence-corrected chi connectivity index (χ1v) is 7.38. The van der Waals surface area contributed by atoms with E-state index in [9.17, 15) is 0 Å². The van der Waals surface area contributed by atoms with Gasteiger partial charge in [-0.3, -0.25) is 4.90 Å². The van der Waals surface area contributed by atoms with E-state index in [0.717, 1.165) is 31.2 Å². The third-order valence-electron chi connectivity index (χ3n) is 3.46. The first-order valence-electron chi connectivity index (χ1n) is 6.44. The largest absolute Gasteiger partial charge is 0.338 e. The van der Waals surface area contributed by atoms with Crippen LogP contribution in [0, 0.1) is 0 Å². The van der Waals surface area contributed by atoms with Crippen LogP contribution in [0.2, 0.25) is 0 Å². The number of thiophene rings is 1. The topological polar surface area (TPSA) is 42.2 Å². The molecule has 0 amide bonds. The summed E-state index contributed by atoms with van der Waals surface area (Å²) in [6.45, 7) is 3.93. The Labute approximate surface area is 111 Å². The van der Waals surface area contributed by atoms with Gasteiger partial charge in [0.05, 0.1) is 6.54 Å². The molecule has 96 valence electrons. The van der Waals surface area contributed by atoms with Crippen LogP contribution in [0.5, 0.6) is 0 Å². The molecule has 1 aliphatic rings. The molecule has 4 nitrogen and oxygen atoms in total. The summed E-state index contributed by atoms with van der Waals surface area (Å²) >= 11 is 1.76. The number of hydrogen-bond acceptors (Lipinski definition) is 5. The molecule has 0 N–H and O–H groups in total. The van der Waals surface area contributed by atoms with Crippen molar-refractivity contribution in [1.82, 2.24) is 15.0 Å². The highest BCUT2D eigenvalue weighted by atomic mass is 32.1. The van der Waals surface area contributed by atoms with Crippen LogP contribution in [0.3, 0.4) is 0 Å². The van der Waals surface area contributed by atoms with Gasteiger partial charge in [-0.15, -0.1) is 0 Å². The molecule has 0 aromatic carbocycles. The zero-order valence-corrected chi connectivity index (χ0v) is 11.3. The van der Waals surface area contributed by atoms with Gasteiger partial charge < -0.3 is 4.52 Å². The smallest absolute Gasteiger partial charge is 0.240 e. The summed E-state index contributed by atoms with van der Waals surface area (Å²) in [6, 6.07) is 2.74. The predicted octanol–water partition coefficient (Wildman–Crippen LogP) is 3.03. The van der Waals surface area contributed by atoms with Crippen LogP contribution in [-0.4, -0.2) is 21.6 Å². The highest BCUT2D eigenvalue weighted by Gasteiger charge is 2.27. The Hall–Kier alpha value is -1.20. The van der Waals surface area contributed by atoms with Crippen molar-refractivity contribution in [3.63, 3.8) is 0 Å². The van der Waals surface area contributed by atoms with Gasteiger partial charge in [0.25, 0.3) is 0 Å². The summed E-state index contributed by atoms with van der Waals surface area (Å²) in [5.41, 5.74) is 1.42. The van der Waals surface area contributed by atoms with Crippen molar-refractivity contribution in [2.24, 2.45) is 0 Å².